The second-order valence-electron chi connectivity index (χ2n) is 7.00. The lowest BCUT2D eigenvalue weighted by Gasteiger charge is -2.25. The third-order valence-electron chi connectivity index (χ3n) is 4.71. The maximum atomic E-state index is 12.5. The molecular weight excluding hydrogens is 364 g/mol. The van der Waals surface area contributed by atoms with Crippen LogP contribution >= 0.6 is 0 Å². The zero-order valence-electron chi connectivity index (χ0n) is 15.8. The van der Waals surface area contributed by atoms with Gasteiger partial charge in [0.1, 0.15) is 17.3 Å². The number of amides is 1. The van der Waals surface area contributed by atoms with Crippen LogP contribution in [0.1, 0.15) is 33.9 Å². The molecule has 1 aromatic carbocycles. The molecule has 2 aromatic rings. The highest BCUT2D eigenvalue weighted by atomic mass is 32.2. The molecule has 1 N–H and O–H groups in total. The smallest absolute Gasteiger partial charge is 0.270 e. The summed E-state index contributed by atoms with van der Waals surface area (Å²) < 4.78 is 23.5. The Morgan fingerprint density at radius 3 is 2.70 bits per heavy atom. The number of hydrogen-bond donors (Lipinski definition) is 1. The van der Waals surface area contributed by atoms with E-state index in [0.29, 0.717) is 24.6 Å². The highest BCUT2D eigenvalue weighted by molar-refractivity contribution is 7.91. The zero-order valence-corrected chi connectivity index (χ0v) is 16.6. The van der Waals surface area contributed by atoms with Crippen molar-refractivity contribution in [2.24, 2.45) is 0 Å². The molecule has 0 radical (unpaired) electrons. The Labute approximate surface area is 159 Å². The van der Waals surface area contributed by atoms with Gasteiger partial charge < -0.3 is 10.2 Å². The van der Waals surface area contributed by atoms with Crippen molar-refractivity contribution in [3.8, 4) is 0 Å². The summed E-state index contributed by atoms with van der Waals surface area (Å²) in [4.78, 5) is 23.0. The van der Waals surface area contributed by atoms with Gasteiger partial charge in [-0.05, 0) is 25.8 Å². The number of carbonyl (C=O) groups is 1. The van der Waals surface area contributed by atoms with Crippen LogP contribution in [0.15, 0.2) is 30.3 Å². The van der Waals surface area contributed by atoms with Crippen LogP contribution in [0.3, 0.4) is 0 Å². The van der Waals surface area contributed by atoms with E-state index in [-0.39, 0.29) is 29.1 Å². The molecule has 1 aliphatic heterocycles. The number of sulfone groups is 1. The van der Waals surface area contributed by atoms with E-state index in [0.717, 1.165) is 11.1 Å². The number of aryl methyl sites for hydroxylation is 2. The molecule has 0 aliphatic carbocycles. The van der Waals surface area contributed by atoms with Crippen LogP contribution in [0, 0.1) is 13.8 Å². The molecule has 1 amide bonds. The van der Waals surface area contributed by atoms with E-state index in [4.69, 9.17) is 0 Å². The highest BCUT2D eigenvalue weighted by Gasteiger charge is 2.31. The van der Waals surface area contributed by atoms with E-state index in [2.05, 4.69) is 15.3 Å². The topological polar surface area (TPSA) is 92.3 Å². The summed E-state index contributed by atoms with van der Waals surface area (Å²) >= 11 is 0. The lowest BCUT2D eigenvalue weighted by molar-refractivity contribution is 0.0945. The number of benzene rings is 1. The molecule has 1 fully saturated rings. The van der Waals surface area contributed by atoms with Crippen LogP contribution in [0.5, 0.6) is 0 Å². The van der Waals surface area contributed by atoms with Crippen molar-refractivity contribution < 1.29 is 13.2 Å². The average Bonchev–Trinajstić information content (AvgIpc) is 2.98. The minimum Gasteiger partial charge on any atom is -0.356 e. The summed E-state index contributed by atoms with van der Waals surface area (Å²) in [5.41, 5.74) is 2.43. The van der Waals surface area contributed by atoms with Crippen molar-refractivity contribution in [1.29, 1.82) is 0 Å². The standard InChI is InChI=1S/C19H24N4O3S/c1-13-5-4-6-15(9-13)11-20-19(24)17-10-18(22-14(2)21-17)23(3)16-7-8-27(25,26)12-16/h4-6,9-10,16H,7-8,11-12H2,1-3H3,(H,20,24). The van der Waals surface area contributed by atoms with Gasteiger partial charge in [-0.15, -0.1) is 0 Å². The third kappa shape index (κ3) is 4.82. The van der Waals surface area contributed by atoms with E-state index < -0.39 is 9.84 Å². The van der Waals surface area contributed by atoms with E-state index in [1.54, 1.807) is 13.0 Å². The van der Waals surface area contributed by atoms with E-state index >= 15 is 0 Å². The van der Waals surface area contributed by atoms with Crippen molar-refractivity contribution in [3.63, 3.8) is 0 Å². The molecule has 1 saturated heterocycles. The molecule has 0 saturated carbocycles. The Morgan fingerprint density at radius 2 is 2.04 bits per heavy atom. The summed E-state index contributed by atoms with van der Waals surface area (Å²) in [5.74, 6) is 1.05. The summed E-state index contributed by atoms with van der Waals surface area (Å²) in [5, 5.41) is 2.87. The highest BCUT2D eigenvalue weighted by Crippen LogP contribution is 2.22. The van der Waals surface area contributed by atoms with Crippen molar-refractivity contribution in [2.75, 3.05) is 23.5 Å². The number of anilines is 1. The van der Waals surface area contributed by atoms with Gasteiger partial charge in [-0.3, -0.25) is 4.79 Å². The number of aromatic nitrogens is 2. The van der Waals surface area contributed by atoms with Gasteiger partial charge in [-0.2, -0.15) is 0 Å². The molecule has 0 spiro atoms. The Bertz CT molecular complexity index is 959. The number of carbonyl (C=O) groups excluding carboxylic acids is 1. The van der Waals surface area contributed by atoms with Crippen LogP contribution in [0.2, 0.25) is 0 Å². The minimum atomic E-state index is -2.99. The predicted molar refractivity (Wildman–Crippen MR) is 105 cm³/mol. The number of nitrogens with zero attached hydrogens (tertiary/aromatic N) is 3. The first-order chi connectivity index (χ1) is 12.7. The first-order valence-electron chi connectivity index (χ1n) is 8.86. The van der Waals surface area contributed by atoms with E-state index in [1.807, 2.05) is 43.1 Å². The Hall–Kier alpha value is -2.48. The molecule has 3 rings (SSSR count). The molecule has 0 bridgehead atoms. The summed E-state index contributed by atoms with van der Waals surface area (Å²) in [7, 11) is -1.18. The molecule has 1 atom stereocenters. The number of rotatable bonds is 5. The largest absolute Gasteiger partial charge is 0.356 e. The van der Waals surface area contributed by atoms with Crippen LogP contribution in [0.4, 0.5) is 5.82 Å². The van der Waals surface area contributed by atoms with Gasteiger partial charge in [0.05, 0.1) is 11.5 Å². The Balaban J connectivity index is 1.73. The fourth-order valence-corrected chi connectivity index (χ4v) is 4.99. The molecule has 144 valence electrons. The van der Waals surface area contributed by atoms with Gasteiger partial charge in [-0.25, -0.2) is 18.4 Å². The monoisotopic (exact) mass is 388 g/mol. The molecule has 1 aromatic heterocycles. The predicted octanol–water partition coefficient (Wildman–Crippen LogP) is 1.65. The number of hydrogen-bond acceptors (Lipinski definition) is 6. The zero-order chi connectivity index (χ0) is 19.6. The Morgan fingerprint density at radius 1 is 1.26 bits per heavy atom. The van der Waals surface area contributed by atoms with Crippen LogP contribution in [0.25, 0.3) is 0 Å². The molecule has 1 unspecified atom stereocenters. The fourth-order valence-electron chi connectivity index (χ4n) is 3.21. The van der Waals surface area contributed by atoms with E-state index in [9.17, 15) is 13.2 Å². The van der Waals surface area contributed by atoms with Gasteiger partial charge in [0.2, 0.25) is 0 Å². The van der Waals surface area contributed by atoms with Gasteiger partial charge in [0.15, 0.2) is 9.84 Å². The summed E-state index contributed by atoms with van der Waals surface area (Å²) in [6, 6.07) is 9.42. The van der Waals surface area contributed by atoms with E-state index in [1.165, 1.54) is 0 Å². The lowest BCUT2D eigenvalue weighted by atomic mass is 10.1. The van der Waals surface area contributed by atoms with Crippen molar-refractivity contribution in [1.82, 2.24) is 15.3 Å². The second-order valence-corrected chi connectivity index (χ2v) is 9.23. The second kappa shape index (κ2) is 7.64. The molecule has 8 heteroatoms. The molecule has 2 heterocycles. The minimum absolute atomic E-state index is 0.113. The summed E-state index contributed by atoms with van der Waals surface area (Å²) in [6.45, 7) is 4.14. The maximum Gasteiger partial charge on any atom is 0.270 e. The Kier molecular flexibility index (Phi) is 5.46. The fraction of sp³-hybridized carbons (Fsp3) is 0.421. The third-order valence-corrected chi connectivity index (χ3v) is 6.46. The SMILES string of the molecule is Cc1cccc(CNC(=O)c2cc(N(C)C3CCS(=O)(=O)C3)nc(C)n2)c1. The first-order valence-corrected chi connectivity index (χ1v) is 10.7. The van der Waals surface area contributed by atoms with Gasteiger partial charge in [0.25, 0.3) is 5.91 Å². The van der Waals surface area contributed by atoms with Crippen LogP contribution in [-0.4, -0.2) is 48.9 Å². The quantitative estimate of drug-likeness (QED) is 0.837. The first kappa shape index (κ1) is 19.3. The van der Waals surface area contributed by atoms with Crippen LogP contribution in [-0.2, 0) is 16.4 Å². The number of nitrogens with one attached hydrogen (secondary N) is 1. The molecular formula is C19H24N4O3S. The average molecular weight is 388 g/mol. The summed E-state index contributed by atoms with van der Waals surface area (Å²) in [6.07, 6.45) is 0.566. The van der Waals surface area contributed by atoms with Crippen molar-refractivity contribution in [2.45, 2.75) is 32.9 Å². The van der Waals surface area contributed by atoms with Gasteiger partial charge in [0, 0.05) is 25.7 Å². The maximum absolute atomic E-state index is 12.5. The van der Waals surface area contributed by atoms with Gasteiger partial charge >= 0.3 is 0 Å². The van der Waals surface area contributed by atoms with Crippen molar-refractivity contribution >= 4 is 21.6 Å². The molecule has 1 aliphatic rings. The molecule has 7 nitrogen and oxygen atoms in total. The lowest BCUT2D eigenvalue weighted by Crippen LogP contribution is -2.34. The van der Waals surface area contributed by atoms with Gasteiger partial charge in [-0.1, -0.05) is 29.8 Å². The van der Waals surface area contributed by atoms with Crippen LogP contribution < -0.4 is 10.2 Å². The van der Waals surface area contributed by atoms with Crippen molar-refractivity contribution in [3.05, 3.63) is 53.0 Å². The molecule has 27 heavy (non-hydrogen) atoms. The normalized spacial score (nSPS) is 18.3.